The van der Waals surface area contributed by atoms with Gasteiger partial charge < -0.3 is 19.4 Å². The van der Waals surface area contributed by atoms with Crippen molar-refractivity contribution in [2.24, 2.45) is 0 Å². The zero-order valence-corrected chi connectivity index (χ0v) is 17.9. The number of carbonyl (C=O) groups is 1. The molecule has 0 saturated heterocycles. The van der Waals surface area contributed by atoms with Crippen molar-refractivity contribution in [3.63, 3.8) is 0 Å². The number of rotatable bonds is 11. The Hall–Kier alpha value is -3.33. The number of amides is 1. The van der Waals surface area contributed by atoms with E-state index in [2.05, 4.69) is 22.1 Å². The fourth-order valence-electron chi connectivity index (χ4n) is 2.72. The van der Waals surface area contributed by atoms with Gasteiger partial charge in [-0.1, -0.05) is 17.8 Å². The Balaban J connectivity index is 1.54. The second-order valence-corrected chi connectivity index (χ2v) is 7.46. The fraction of sp³-hybridized carbons (Fsp3) is 0.227. The topological polar surface area (TPSA) is 78.3 Å². The van der Waals surface area contributed by atoms with E-state index in [1.165, 1.54) is 36.0 Å². The van der Waals surface area contributed by atoms with E-state index in [0.717, 1.165) is 11.5 Å². The highest BCUT2D eigenvalue weighted by Gasteiger charge is 2.15. The summed E-state index contributed by atoms with van der Waals surface area (Å²) in [6.07, 6.45) is 1.77. The van der Waals surface area contributed by atoms with Gasteiger partial charge in [-0.05, 0) is 48.5 Å². The first-order chi connectivity index (χ1) is 15.1. The lowest BCUT2D eigenvalue weighted by atomic mass is 10.3. The first kappa shape index (κ1) is 22.4. The molecule has 31 heavy (non-hydrogen) atoms. The average Bonchev–Trinajstić information content (AvgIpc) is 3.14. The number of hydrogen-bond acceptors (Lipinski definition) is 6. The summed E-state index contributed by atoms with van der Waals surface area (Å²) < 4.78 is 25.7. The Morgan fingerprint density at radius 3 is 2.55 bits per heavy atom. The Morgan fingerprint density at radius 1 is 1.16 bits per heavy atom. The molecule has 0 unspecified atom stereocenters. The number of hydrogen-bond donors (Lipinski definition) is 1. The van der Waals surface area contributed by atoms with Crippen molar-refractivity contribution in [2.75, 3.05) is 24.8 Å². The lowest BCUT2D eigenvalue weighted by Crippen LogP contribution is -2.17. The van der Waals surface area contributed by atoms with E-state index in [-0.39, 0.29) is 18.1 Å². The molecule has 7 nitrogen and oxygen atoms in total. The van der Waals surface area contributed by atoms with E-state index in [1.54, 1.807) is 13.2 Å². The highest BCUT2D eigenvalue weighted by atomic mass is 32.2. The van der Waals surface area contributed by atoms with Crippen LogP contribution in [-0.4, -0.2) is 40.1 Å². The van der Waals surface area contributed by atoms with Crippen LogP contribution in [0.15, 0.2) is 66.3 Å². The lowest BCUT2D eigenvalue weighted by molar-refractivity contribution is -0.115. The molecule has 9 heteroatoms. The van der Waals surface area contributed by atoms with Gasteiger partial charge in [0.25, 0.3) is 0 Å². The van der Waals surface area contributed by atoms with E-state index in [0.29, 0.717) is 35.6 Å². The third-order valence-corrected chi connectivity index (χ3v) is 5.13. The summed E-state index contributed by atoms with van der Waals surface area (Å²) in [6, 6.07) is 13.0. The number of nitrogens with one attached hydrogen (secondary N) is 1. The molecule has 0 aliphatic rings. The van der Waals surface area contributed by atoms with Gasteiger partial charge in [-0.3, -0.25) is 4.79 Å². The Morgan fingerprint density at radius 2 is 1.87 bits per heavy atom. The van der Waals surface area contributed by atoms with Crippen LogP contribution in [0.2, 0.25) is 0 Å². The van der Waals surface area contributed by atoms with E-state index >= 15 is 0 Å². The molecule has 1 heterocycles. The molecule has 0 radical (unpaired) electrons. The third-order valence-electron chi connectivity index (χ3n) is 4.19. The van der Waals surface area contributed by atoms with Crippen molar-refractivity contribution < 1.29 is 18.7 Å². The largest absolute Gasteiger partial charge is 0.497 e. The van der Waals surface area contributed by atoms with Crippen molar-refractivity contribution in [1.29, 1.82) is 0 Å². The normalized spacial score (nSPS) is 10.5. The van der Waals surface area contributed by atoms with Crippen LogP contribution in [0.3, 0.4) is 0 Å². The van der Waals surface area contributed by atoms with Crippen molar-refractivity contribution in [3.05, 3.63) is 72.8 Å². The highest BCUT2D eigenvalue weighted by Crippen LogP contribution is 2.20. The molecule has 0 bridgehead atoms. The standard InChI is InChI=1S/C22H23FN4O3S/c1-3-12-27-20(15-21(28)24-17-6-4-16(23)5-7-17)25-26-22(27)31-14-13-30-19-10-8-18(29-2)9-11-19/h3-11H,1,12-15H2,2H3,(H,24,28). The van der Waals surface area contributed by atoms with Crippen LogP contribution in [0.1, 0.15) is 5.82 Å². The first-order valence-corrected chi connectivity index (χ1v) is 10.6. The Labute approximate surface area is 184 Å². The van der Waals surface area contributed by atoms with Gasteiger partial charge in [-0.15, -0.1) is 16.8 Å². The summed E-state index contributed by atoms with van der Waals surface area (Å²) in [4.78, 5) is 12.3. The molecular weight excluding hydrogens is 419 g/mol. The number of thioether (sulfide) groups is 1. The minimum atomic E-state index is -0.360. The van der Waals surface area contributed by atoms with Crippen molar-refractivity contribution in [3.8, 4) is 11.5 Å². The van der Waals surface area contributed by atoms with Gasteiger partial charge in [0, 0.05) is 18.0 Å². The molecule has 1 amide bonds. The Kier molecular flexibility index (Phi) is 8.05. The lowest BCUT2D eigenvalue weighted by Gasteiger charge is -2.09. The highest BCUT2D eigenvalue weighted by molar-refractivity contribution is 7.99. The van der Waals surface area contributed by atoms with Gasteiger partial charge in [0.05, 0.1) is 20.1 Å². The van der Waals surface area contributed by atoms with Crippen LogP contribution in [-0.2, 0) is 17.8 Å². The molecule has 2 aromatic carbocycles. The molecule has 1 aromatic heterocycles. The van der Waals surface area contributed by atoms with Crippen LogP contribution in [0.5, 0.6) is 11.5 Å². The van der Waals surface area contributed by atoms with Crippen molar-refractivity contribution >= 4 is 23.4 Å². The zero-order chi connectivity index (χ0) is 22.1. The van der Waals surface area contributed by atoms with E-state index in [4.69, 9.17) is 9.47 Å². The van der Waals surface area contributed by atoms with Crippen molar-refractivity contribution in [1.82, 2.24) is 14.8 Å². The SMILES string of the molecule is C=CCn1c(CC(=O)Nc2ccc(F)cc2)nnc1SCCOc1ccc(OC)cc1. The average molecular weight is 443 g/mol. The molecule has 0 saturated carbocycles. The molecule has 3 aromatic rings. The first-order valence-electron chi connectivity index (χ1n) is 9.57. The summed E-state index contributed by atoms with van der Waals surface area (Å²) in [5.41, 5.74) is 0.520. The molecular formula is C22H23FN4O3S. The summed E-state index contributed by atoms with van der Waals surface area (Å²) in [7, 11) is 1.62. The minimum absolute atomic E-state index is 0.0428. The van der Waals surface area contributed by atoms with Gasteiger partial charge in [-0.25, -0.2) is 4.39 Å². The van der Waals surface area contributed by atoms with Gasteiger partial charge >= 0.3 is 0 Å². The molecule has 0 atom stereocenters. The monoisotopic (exact) mass is 442 g/mol. The maximum atomic E-state index is 13.0. The number of anilines is 1. The number of aromatic nitrogens is 3. The molecule has 0 aliphatic heterocycles. The van der Waals surface area contributed by atoms with Crippen LogP contribution < -0.4 is 14.8 Å². The number of nitrogens with zero attached hydrogens (tertiary/aromatic N) is 3. The quantitative estimate of drug-likeness (QED) is 0.275. The molecule has 0 spiro atoms. The molecule has 0 aliphatic carbocycles. The molecule has 3 rings (SSSR count). The van der Waals surface area contributed by atoms with Gasteiger partial charge in [0.1, 0.15) is 23.1 Å². The smallest absolute Gasteiger partial charge is 0.232 e. The van der Waals surface area contributed by atoms with Gasteiger partial charge in [0.15, 0.2) is 5.16 Å². The Bertz CT molecular complexity index is 1010. The van der Waals surface area contributed by atoms with Crippen molar-refractivity contribution in [2.45, 2.75) is 18.1 Å². The summed E-state index contributed by atoms with van der Waals surface area (Å²) in [6.45, 7) is 4.73. The summed E-state index contributed by atoms with van der Waals surface area (Å²) >= 11 is 1.49. The third kappa shape index (κ3) is 6.58. The zero-order valence-electron chi connectivity index (χ0n) is 17.1. The number of benzene rings is 2. The number of allylic oxidation sites excluding steroid dienone is 1. The number of ether oxygens (including phenoxy) is 2. The maximum absolute atomic E-state index is 13.0. The predicted octanol–water partition coefficient (Wildman–Crippen LogP) is 3.96. The summed E-state index contributed by atoms with van der Waals surface area (Å²) in [5, 5.41) is 11.8. The second-order valence-electron chi connectivity index (χ2n) is 6.40. The molecule has 162 valence electrons. The van der Waals surface area contributed by atoms with E-state index in [9.17, 15) is 9.18 Å². The van der Waals surface area contributed by atoms with Gasteiger partial charge in [-0.2, -0.15) is 0 Å². The summed E-state index contributed by atoms with van der Waals surface area (Å²) in [5.74, 6) is 2.09. The number of halogens is 1. The van der Waals surface area contributed by atoms with Crippen LogP contribution >= 0.6 is 11.8 Å². The van der Waals surface area contributed by atoms with E-state index in [1.807, 2.05) is 28.8 Å². The minimum Gasteiger partial charge on any atom is -0.497 e. The molecule has 1 N–H and O–H groups in total. The number of methoxy groups -OCH3 is 1. The van der Waals surface area contributed by atoms with Crippen LogP contribution in [0, 0.1) is 5.82 Å². The van der Waals surface area contributed by atoms with E-state index < -0.39 is 0 Å². The number of carbonyl (C=O) groups excluding carboxylic acids is 1. The second kappa shape index (κ2) is 11.2. The predicted molar refractivity (Wildman–Crippen MR) is 118 cm³/mol. The van der Waals surface area contributed by atoms with Gasteiger partial charge in [0.2, 0.25) is 5.91 Å². The maximum Gasteiger partial charge on any atom is 0.232 e. The van der Waals surface area contributed by atoms with Crippen LogP contribution in [0.4, 0.5) is 10.1 Å². The molecule has 0 fully saturated rings. The fourth-order valence-corrected chi connectivity index (χ4v) is 3.50. The van der Waals surface area contributed by atoms with Crippen LogP contribution in [0.25, 0.3) is 0 Å².